The summed E-state index contributed by atoms with van der Waals surface area (Å²) in [7, 11) is 3.15. The Morgan fingerprint density at radius 1 is 1.03 bits per heavy atom. The van der Waals surface area contributed by atoms with Gasteiger partial charge in [0.15, 0.2) is 16.9 Å². The number of methoxy groups -OCH3 is 2. The van der Waals surface area contributed by atoms with Gasteiger partial charge in [0.2, 0.25) is 5.76 Å². The predicted molar refractivity (Wildman–Crippen MR) is 121 cm³/mol. The summed E-state index contributed by atoms with van der Waals surface area (Å²) in [5.41, 5.74) is 1.28. The summed E-state index contributed by atoms with van der Waals surface area (Å²) in [6, 6.07) is 11.9. The van der Waals surface area contributed by atoms with Gasteiger partial charge < -0.3 is 23.5 Å². The lowest BCUT2D eigenvalue weighted by Crippen LogP contribution is -2.32. The molecule has 4 rings (SSSR count). The van der Waals surface area contributed by atoms with Crippen molar-refractivity contribution in [3.63, 3.8) is 0 Å². The van der Waals surface area contributed by atoms with Crippen molar-refractivity contribution in [2.45, 2.75) is 25.8 Å². The van der Waals surface area contributed by atoms with E-state index in [2.05, 4.69) is 6.92 Å². The van der Waals surface area contributed by atoms with E-state index in [1.54, 1.807) is 43.4 Å². The molecule has 1 atom stereocenters. The van der Waals surface area contributed by atoms with Crippen LogP contribution in [0.5, 0.6) is 11.5 Å². The zero-order valence-electron chi connectivity index (χ0n) is 18.6. The highest BCUT2D eigenvalue weighted by atomic mass is 16.5. The first-order valence-electron chi connectivity index (χ1n) is 10.8. The molecule has 7 heteroatoms. The van der Waals surface area contributed by atoms with Crippen LogP contribution in [0.15, 0.2) is 51.7 Å². The Hall–Kier alpha value is -3.32. The molecule has 0 N–H and O–H groups in total. The van der Waals surface area contributed by atoms with Crippen molar-refractivity contribution < 1.29 is 23.4 Å². The Morgan fingerprint density at radius 2 is 1.84 bits per heavy atom. The third kappa shape index (κ3) is 3.84. The Balaban J connectivity index is 1.84. The Labute approximate surface area is 186 Å². The molecule has 1 aliphatic heterocycles. The molecule has 1 unspecified atom stereocenters. The van der Waals surface area contributed by atoms with E-state index in [9.17, 15) is 9.59 Å². The summed E-state index contributed by atoms with van der Waals surface area (Å²) in [6.07, 6.45) is 1.97. The fourth-order valence-electron chi connectivity index (χ4n) is 4.03. The van der Waals surface area contributed by atoms with Crippen molar-refractivity contribution in [3.05, 3.63) is 69.6 Å². The second kappa shape index (κ2) is 9.44. The van der Waals surface area contributed by atoms with Crippen LogP contribution in [0, 0.1) is 0 Å². The Kier molecular flexibility index (Phi) is 6.46. The van der Waals surface area contributed by atoms with Crippen LogP contribution in [0.3, 0.4) is 0 Å². The van der Waals surface area contributed by atoms with Gasteiger partial charge in [-0.05, 0) is 36.2 Å². The van der Waals surface area contributed by atoms with Crippen molar-refractivity contribution in [3.8, 4) is 11.5 Å². The van der Waals surface area contributed by atoms with E-state index in [4.69, 9.17) is 18.6 Å². The van der Waals surface area contributed by atoms with Crippen LogP contribution in [-0.2, 0) is 4.74 Å². The second-order valence-corrected chi connectivity index (χ2v) is 7.68. The lowest BCUT2D eigenvalue weighted by molar-refractivity contribution is 0.0663. The molecule has 3 aromatic rings. The van der Waals surface area contributed by atoms with E-state index < -0.39 is 6.04 Å². The van der Waals surface area contributed by atoms with Crippen LogP contribution in [-0.4, -0.2) is 44.8 Å². The Bertz CT molecular complexity index is 1180. The molecule has 0 aliphatic carbocycles. The highest BCUT2D eigenvalue weighted by molar-refractivity contribution is 5.99. The predicted octanol–water partition coefficient (Wildman–Crippen LogP) is 4.17. The molecule has 7 nitrogen and oxygen atoms in total. The van der Waals surface area contributed by atoms with Crippen molar-refractivity contribution in [2.24, 2.45) is 0 Å². The molecule has 168 valence electrons. The second-order valence-electron chi connectivity index (χ2n) is 7.68. The normalized spacial score (nSPS) is 15.3. The van der Waals surface area contributed by atoms with Crippen molar-refractivity contribution in [2.75, 3.05) is 34.0 Å². The summed E-state index contributed by atoms with van der Waals surface area (Å²) in [4.78, 5) is 28.3. The van der Waals surface area contributed by atoms with E-state index >= 15 is 0 Å². The van der Waals surface area contributed by atoms with Crippen LogP contribution in [0.4, 0.5) is 0 Å². The lowest BCUT2D eigenvalue weighted by atomic mass is 9.98. The number of hydrogen-bond acceptors (Lipinski definition) is 6. The number of fused-ring (bicyclic) bond motifs is 2. The first-order chi connectivity index (χ1) is 15.6. The summed E-state index contributed by atoms with van der Waals surface area (Å²) in [6.45, 7) is 3.34. The van der Waals surface area contributed by atoms with Gasteiger partial charge in [-0.3, -0.25) is 9.59 Å². The molecule has 2 aromatic carbocycles. The minimum absolute atomic E-state index is 0.0806. The standard InChI is InChI=1S/C25H27NO6/c1-4-5-13-31-19-11-10-16(15-20(19)30-3)22-21-23(27)17-8-6-7-9-18(17)32-24(21)25(28)26(22)12-14-29-2/h6-11,15,22H,4-5,12-14H2,1-3H3. The number of benzene rings is 2. The van der Waals surface area contributed by atoms with Gasteiger partial charge in [-0.25, -0.2) is 0 Å². The molecule has 2 heterocycles. The lowest BCUT2D eigenvalue weighted by Gasteiger charge is -2.25. The molecule has 1 aromatic heterocycles. The minimum Gasteiger partial charge on any atom is -0.493 e. The highest BCUT2D eigenvalue weighted by Crippen LogP contribution is 2.40. The largest absolute Gasteiger partial charge is 0.493 e. The zero-order chi connectivity index (χ0) is 22.7. The van der Waals surface area contributed by atoms with Gasteiger partial charge in [0.1, 0.15) is 5.58 Å². The quantitative estimate of drug-likeness (QED) is 0.468. The van der Waals surface area contributed by atoms with Gasteiger partial charge in [-0.1, -0.05) is 31.5 Å². The number of nitrogens with zero attached hydrogens (tertiary/aromatic N) is 1. The van der Waals surface area contributed by atoms with E-state index in [0.717, 1.165) is 18.4 Å². The summed E-state index contributed by atoms with van der Waals surface area (Å²) >= 11 is 0. The molecule has 32 heavy (non-hydrogen) atoms. The first kappa shape index (κ1) is 21.9. The highest BCUT2D eigenvalue weighted by Gasteiger charge is 2.42. The van der Waals surface area contributed by atoms with E-state index in [0.29, 0.717) is 47.8 Å². The van der Waals surface area contributed by atoms with E-state index in [1.165, 1.54) is 0 Å². The molecular weight excluding hydrogens is 410 g/mol. The van der Waals surface area contributed by atoms with Crippen molar-refractivity contribution in [1.29, 1.82) is 0 Å². The van der Waals surface area contributed by atoms with Crippen LogP contribution >= 0.6 is 0 Å². The molecule has 0 saturated carbocycles. The molecule has 0 spiro atoms. The van der Waals surface area contributed by atoms with E-state index in [1.807, 2.05) is 18.2 Å². The number of carbonyl (C=O) groups is 1. The number of para-hydroxylation sites is 1. The van der Waals surface area contributed by atoms with Crippen LogP contribution in [0.2, 0.25) is 0 Å². The fraction of sp³-hybridized carbons (Fsp3) is 0.360. The van der Waals surface area contributed by atoms with Crippen LogP contribution < -0.4 is 14.9 Å². The van der Waals surface area contributed by atoms with Gasteiger partial charge in [0.05, 0.1) is 37.3 Å². The van der Waals surface area contributed by atoms with Gasteiger partial charge >= 0.3 is 0 Å². The van der Waals surface area contributed by atoms with Crippen molar-refractivity contribution in [1.82, 2.24) is 4.90 Å². The average Bonchev–Trinajstić information content (AvgIpc) is 3.10. The molecule has 0 bridgehead atoms. The van der Waals surface area contributed by atoms with Gasteiger partial charge in [-0.15, -0.1) is 0 Å². The number of unbranched alkanes of at least 4 members (excludes halogenated alkanes) is 1. The molecule has 0 saturated heterocycles. The third-order valence-electron chi connectivity index (χ3n) is 5.67. The number of hydrogen-bond donors (Lipinski definition) is 0. The number of ether oxygens (including phenoxy) is 3. The topological polar surface area (TPSA) is 78.2 Å². The number of rotatable bonds is 9. The summed E-state index contributed by atoms with van der Waals surface area (Å²) < 4.78 is 22.5. The minimum atomic E-state index is -0.605. The van der Waals surface area contributed by atoms with Gasteiger partial charge in [0.25, 0.3) is 5.91 Å². The maximum absolute atomic E-state index is 13.4. The monoisotopic (exact) mass is 437 g/mol. The van der Waals surface area contributed by atoms with Crippen LogP contribution in [0.1, 0.15) is 47.5 Å². The maximum atomic E-state index is 13.4. The molecule has 1 amide bonds. The number of carbonyl (C=O) groups excluding carboxylic acids is 1. The molecule has 0 radical (unpaired) electrons. The smallest absolute Gasteiger partial charge is 0.290 e. The van der Waals surface area contributed by atoms with Gasteiger partial charge in [-0.2, -0.15) is 0 Å². The van der Waals surface area contributed by atoms with E-state index in [-0.39, 0.29) is 17.1 Å². The fourth-order valence-corrected chi connectivity index (χ4v) is 4.03. The van der Waals surface area contributed by atoms with Crippen LogP contribution in [0.25, 0.3) is 11.0 Å². The zero-order valence-corrected chi connectivity index (χ0v) is 18.6. The molecule has 0 fully saturated rings. The summed E-state index contributed by atoms with van der Waals surface area (Å²) in [5.74, 6) is 0.934. The SMILES string of the molecule is CCCCOc1ccc(C2c3c(oc4ccccc4c3=O)C(=O)N2CCOC)cc1OC. The Morgan fingerprint density at radius 3 is 2.59 bits per heavy atom. The van der Waals surface area contributed by atoms with Crippen molar-refractivity contribution >= 4 is 16.9 Å². The summed E-state index contributed by atoms with van der Waals surface area (Å²) in [5, 5.41) is 0.448. The maximum Gasteiger partial charge on any atom is 0.290 e. The third-order valence-corrected chi connectivity index (χ3v) is 5.67. The molecular formula is C25H27NO6. The number of amides is 1. The average molecular weight is 437 g/mol. The molecule has 1 aliphatic rings. The van der Waals surface area contributed by atoms with Gasteiger partial charge in [0, 0.05) is 13.7 Å². The first-order valence-corrected chi connectivity index (χ1v) is 10.8.